The average Bonchev–Trinajstić information content (AvgIpc) is 3.64. The zero-order chi connectivity index (χ0) is 48.2. The predicted octanol–water partition coefficient (Wildman–Crippen LogP) is 7.64. The second-order valence-corrected chi connectivity index (χ2v) is 20.6. The zero-order valence-electron chi connectivity index (χ0n) is 39.8. The number of carboxylic acids is 1. The largest absolute Gasteiger partial charge is 0.497 e. The van der Waals surface area contributed by atoms with Crippen molar-refractivity contribution in [1.82, 2.24) is 19.8 Å². The normalized spacial score (nSPS) is 15.3. The number of aromatic carboxylic acids is 1. The number of carbonyl (C=O) groups is 4. The molecule has 0 radical (unpaired) electrons. The minimum Gasteiger partial charge on any atom is -0.497 e. The Balaban J connectivity index is 0.785. The van der Waals surface area contributed by atoms with Gasteiger partial charge in [0.05, 0.1) is 30.2 Å². The van der Waals surface area contributed by atoms with Crippen LogP contribution in [-0.4, -0.2) is 79.7 Å². The fraction of sp³-hybridized carbons (Fsp3) is 0.351. The smallest absolute Gasteiger partial charge is 0.336 e. The van der Waals surface area contributed by atoms with Crippen molar-refractivity contribution in [3.05, 3.63) is 148 Å². The highest BCUT2D eigenvalue weighted by Crippen LogP contribution is 2.49. The van der Waals surface area contributed by atoms with Crippen LogP contribution in [0.4, 0.5) is 5.69 Å². The van der Waals surface area contributed by atoms with Gasteiger partial charge in [0.1, 0.15) is 30.3 Å². The molecule has 12 nitrogen and oxygen atoms in total. The lowest BCUT2D eigenvalue weighted by molar-refractivity contribution is -0.120. The molecule has 70 heavy (non-hydrogen) atoms. The minimum atomic E-state index is -1.08. The molecule has 5 aliphatic rings. The average molecular weight is 1050 g/mol. The highest BCUT2D eigenvalue weighted by molar-refractivity contribution is 14.1. The molecule has 13 heteroatoms. The van der Waals surface area contributed by atoms with E-state index in [-0.39, 0.29) is 29.7 Å². The van der Waals surface area contributed by atoms with Gasteiger partial charge in [-0.1, -0.05) is 6.07 Å². The van der Waals surface area contributed by atoms with Gasteiger partial charge in [-0.2, -0.15) is 0 Å². The van der Waals surface area contributed by atoms with Gasteiger partial charge in [0.15, 0.2) is 0 Å². The highest BCUT2D eigenvalue weighted by atomic mass is 127. The van der Waals surface area contributed by atoms with Crippen molar-refractivity contribution in [2.24, 2.45) is 0 Å². The van der Waals surface area contributed by atoms with E-state index in [1.807, 2.05) is 55.5 Å². The molecule has 0 saturated carbocycles. The SMILES string of the molecule is COc1ccc2c(c1)c(CC(=O)NCCCCCNC(=O)c1ccc(C3=c4cc5c6c(c4Oc4c3cc3c7c4CCCN7CCC3)CCC[N+]=6CCC5)c(C(=O)O)c1)c(C)n2C(=O)c1ccc(I)cc1. The fourth-order valence-electron chi connectivity index (χ4n) is 11.9. The number of nitrogens with one attached hydrogen (secondary N) is 2. The first-order chi connectivity index (χ1) is 34.1. The van der Waals surface area contributed by atoms with E-state index in [2.05, 4.69) is 54.8 Å². The summed E-state index contributed by atoms with van der Waals surface area (Å²) in [6.07, 6.45) is 10.3. The van der Waals surface area contributed by atoms with Crippen LogP contribution in [0.2, 0.25) is 0 Å². The molecule has 0 bridgehead atoms. The molecule has 5 aliphatic heterocycles. The Labute approximate surface area is 420 Å². The van der Waals surface area contributed by atoms with E-state index in [1.54, 1.807) is 17.7 Å². The number of amides is 2. The van der Waals surface area contributed by atoms with E-state index in [4.69, 9.17) is 9.47 Å². The van der Waals surface area contributed by atoms with E-state index in [9.17, 15) is 24.3 Å². The van der Waals surface area contributed by atoms with E-state index in [0.717, 1.165) is 126 Å². The lowest BCUT2D eigenvalue weighted by Gasteiger charge is -2.39. The molecular weight excluding hydrogens is 994 g/mol. The van der Waals surface area contributed by atoms with Crippen molar-refractivity contribution < 1.29 is 33.8 Å². The maximum Gasteiger partial charge on any atom is 0.336 e. The monoisotopic (exact) mass is 1050 g/mol. The molecule has 0 unspecified atom stereocenters. The molecule has 0 atom stereocenters. The van der Waals surface area contributed by atoms with E-state index >= 15 is 0 Å². The first kappa shape index (κ1) is 45.9. The lowest BCUT2D eigenvalue weighted by atomic mass is 9.81. The number of halogens is 1. The number of anilines is 1. The van der Waals surface area contributed by atoms with Gasteiger partial charge >= 0.3 is 5.97 Å². The van der Waals surface area contributed by atoms with Crippen LogP contribution < -0.4 is 40.2 Å². The number of methoxy groups -OCH3 is 1. The molecular formula is C57H57IN5O7+. The van der Waals surface area contributed by atoms with E-state index in [1.165, 1.54) is 39.4 Å². The van der Waals surface area contributed by atoms with Crippen molar-refractivity contribution >= 4 is 68.4 Å². The molecule has 0 spiro atoms. The van der Waals surface area contributed by atoms with Gasteiger partial charge in [-0.05, 0) is 171 Å². The van der Waals surface area contributed by atoms with E-state index < -0.39 is 5.97 Å². The van der Waals surface area contributed by atoms with Gasteiger partial charge in [0.2, 0.25) is 11.3 Å². The number of carbonyl (C=O) groups excluding carboxylic acids is 3. The van der Waals surface area contributed by atoms with Crippen LogP contribution in [0.5, 0.6) is 17.2 Å². The van der Waals surface area contributed by atoms with Crippen LogP contribution in [0.1, 0.15) is 121 Å². The van der Waals surface area contributed by atoms with Crippen molar-refractivity contribution in [2.45, 2.75) is 84.0 Å². The molecule has 3 N–H and O–H groups in total. The van der Waals surface area contributed by atoms with Crippen molar-refractivity contribution in [3.8, 4) is 17.2 Å². The third-order valence-corrected chi connectivity index (χ3v) is 15.8. The number of aromatic nitrogens is 1. The number of hydrogen-bond donors (Lipinski definition) is 3. The Bertz CT molecular complexity index is 3310. The Morgan fingerprint density at radius 2 is 1.50 bits per heavy atom. The highest BCUT2D eigenvalue weighted by Gasteiger charge is 2.37. The molecule has 5 aromatic carbocycles. The van der Waals surface area contributed by atoms with Crippen molar-refractivity contribution in [2.75, 3.05) is 51.3 Å². The summed E-state index contributed by atoms with van der Waals surface area (Å²) >= 11 is 2.21. The molecule has 358 valence electrons. The number of nitrogens with zero attached hydrogens (tertiary/aromatic N) is 3. The van der Waals surface area contributed by atoms with Crippen LogP contribution in [0.15, 0.2) is 72.8 Å². The Hall–Kier alpha value is -6.48. The van der Waals surface area contributed by atoms with Crippen molar-refractivity contribution in [3.63, 3.8) is 0 Å². The summed E-state index contributed by atoms with van der Waals surface area (Å²) in [5.74, 6) is 0.644. The molecule has 1 aromatic heterocycles. The van der Waals surface area contributed by atoms with E-state index in [0.29, 0.717) is 59.6 Å². The predicted molar refractivity (Wildman–Crippen MR) is 279 cm³/mol. The zero-order valence-corrected chi connectivity index (χ0v) is 41.9. The summed E-state index contributed by atoms with van der Waals surface area (Å²) in [4.78, 5) is 56.7. The summed E-state index contributed by atoms with van der Waals surface area (Å²) in [6.45, 7) is 6.88. The molecule has 0 aliphatic carbocycles. The number of benzene rings is 5. The van der Waals surface area contributed by atoms with Gasteiger partial charge in [0.25, 0.3) is 11.8 Å². The van der Waals surface area contributed by atoms with Crippen molar-refractivity contribution in [1.29, 1.82) is 0 Å². The summed E-state index contributed by atoms with van der Waals surface area (Å²) < 4.78 is 17.9. The van der Waals surface area contributed by atoms with Gasteiger partial charge in [-0.3, -0.25) is 19.0 Å². The number of carboxylic acid groups (broad SMARTS) is 1. The van der Waals surface area contributed by atoms with Crippen LogP contribution >= 0.6 is 22.6 Å². The number of fused-ring (bicyclic) bond motifs is 5. The topological polar surface area (TPSA) is 142 Å². The first-order valence-corrected chi connectivity index (χ1v) is 26.0. The molecule has 2 amide bonds. The van der Waals surface area contributed by atoms with Crippen LogP contribution in [0.3, 0.4) is 0 Å². The Morgan fingerprint density at radius 3 is 2.29 bits per heavy atom. The summed E-state index contributed by atoms with van der Waals surface area (Å²) in [6, 6.07) is 22.7. The number of ether oxygens (including phenoxy) is 2. The standard InChI is InChI=1S/C57H56IN5O7/c1-33-43(44-31-39(69-2)19-21-48(44)63(33)56(66)34-14-17-38(58)18-15-34)32-49(64)59-22-4-3-5-23-60-55(65)37-16-20-40(45(30-37)57(67)68)50-46-28-35-10-6-24-61-26-8-12-41(51(35)61)53(46)70-54-42-13-9-27-62-25-7-11-36(52(42)62)29-47(50)54/h14-21,28-31H,3-13,22-27,32H2,1-2H3,(H2-,59,60,64,65,67,68)/p+1. The van der Waals surface area contributed by atoms with Crippen LogP contribution in [0.25, 0.3) is 16.5 Å². The minimum absolute atomic E-state index is 0.0923. The third-order valence-electron chi connectivity index (χ3n) is 15.1. The maximum absolute atomic E-state index is 13.8. The molecule has 6 aromatic rings. The number of aryl methyl sites for hydroxylation is 2. The first-order valence-electron chi connectivity index (χ1n) is 24.9. The quantitative estimate of drug-likeness (QED) is 0.0608. The summed E-state index contributed by atoms with van der Waals surface area (Å²) in [7, 11) is 1.59. The third kappa shape index (κ3) is 8.22. The second-order valence-electron chi connectivity index (χ2n) is 19.3. The number of rotatable bonds is 13. The van der Waals surface area contributed by atoms with Gasteiger partial charge in [0, 0.05) is 98.0 Å². The van der Waals surface area contributed by atoms with Gasteiger partial charge in [-0.15, -0.1) is 0 Å². The number of hydrogen-bond acceptors (Lipinski definition) is 7. The second kappa shape index (κ2) is 19.0. The number of unbranched alkanes of at least 4 members (excludes halogenated alkanes) is 2. The van der Waals surface area contributed by atoms with Gasteiger partial charge in [-0.25, -0.2) is 9.37 Å². The Morgan fingerprint density at radius 1 is 0.771 bits per heavy atom. The van der Waals surface area contributed by atoms with Crippen LogP contribution in [0, 0.1) is 10.5 Å². The summed E-state index contributed by atoms with van der Waals surface area (Å²) in [5.41, 5.74) is 11.9. The maximum atomic E-state index is 13.8. The molecule has 0 fully saturated rings. The lowest BCUT2D eigenvalue weighted by Crippen LogP contribution is -2.45. The van der Waals surface area contributed by atoms with Crippen LogP contribution in [-0.2, 0) is 36.9 Å². The Kier molecular flexibility index (Phi) is 12.5. The molecule has 6 heterocycles. The molecule has 0 saturated heterocycles. The van der Waals surface area contributed by atoms with Gasteiger partial charge < -0.3 is 30.1 Å². The fourth-order valence-corrected chi connectivity index (χ4v) is 12.2. The molecule has 11 rings (SSSR count). The summed E-state index contributed by atoms with van der Waals surface area (Å²) in [5, 5.41) is 20.0.